The lowest BCUT2D eigenvalue weighted by atomic mass is 9.82. The van der Waals surface area contributed by atoms with E-state index in [2.05, 4.69) is 11.9 Å². The Kier molecular flexibility index (Phi) is 4.02. The second kappa shape index (κ2) is 5.71. The van der Waals surface area contributed by atoms with Gasteiger partial charge in [0.1, 0.15) is 5.76 Å². The molecule has 1 N–H and O–H groups in total. The van der Waals surface area contributed by atoms with Gasteiger partial charge in [0, 0.05) is 12.5 Å². The van der Waals surface area contributed by atoms with Crippen LogP contribution in [0.5, 0.6) is 0 Å². The van der Waals surface area contributed by atoms with Gasteiger partial charge in [0.05, 0.1) is 6.26 Å². The van der Waals surface area contributed by atoms with Crippen LogP contribution >= 0.6 is 0 Å². The zero-order valence-corrected chi connectivity index (χ0v) is 10.0. The van der Waals surface area contributed by atoms with E-state index in [1.165, 1.54) is 18.9 Å². The number of nitrogens with one attached hydrogen (secondary N) is 1. The second-order valence-electron chi connectivity index (χ2n) is 4.65. The van der Waals surface area contributed by atoms with Gasteiger partial charge in [-0.15, -0.1) is 0 Å². The number of carbonyl (C=O) groups is 1. The van der Waals surface area contributed by atoms with Gasteiger partial charge in [0.15, 0.2) is 0 Å². The Bertz CT molecular complexity index is 370. The Labute approximate surface area is 102 Å². The first-order chi connectivity index (χ1) is 8.29. The molecule has 0 spiro atoms. The molecule has 0 aromatic carbocycles. The fourth-order valence-electron chi connectivity index (χ4n) is 2.57. The van der Waals surface area contributed by atoms with Crippen LogP contribution in [0.25, 0.3) is 0 Å². The minimum Gasteiger partial charge on any atom is -0.469 e. The summed E-state index contributed by atoms with van der Waals surface area (Å²) in [5, 5.41) is 3.03. The first-order valence-electron chi connectivity index (χ1n) is 6.25. The zero-order valence-electron chi connectivity index (χ0n) is 10.0. The van der Waals surface area contributed by atoms with Crippen molar-refractivity contribution in [1.29, 1.82) is 0 Å². The summed E-state index contributed by atoms with van der Waals surface area (Å²) in [7, 11) is 0. The molecule has 3 heteroatoms. The molecule has 1 aliphatic carbocycles. The third-order valence-electron chi connectivity index (χ3n) is 3.47. The molecule has 0 bridgehead atoms. The quantitative estimate of drug-likeness (QED) is 0.812. The number of carbonyl (C=O) groups excluding carboxylic acids is 1. The number of amides is 1. The summed E-state index contributed by atoms with van der Waals surface area (Å²) < 4.78 is 5.38. The van der Waals surface area contributed by atoms with Crippen molar-refractivity contribution in [2.45, 2.75) is 38.1 Å². The summed E-state index contributed by atoms with van der Waals surface area (Å²) in [6.07, 6.45) is 8.61. The largest absolute Gasteiger partial charge is 0.469 e. The van der Waals surface area contributed by atoms with E-state index >= 15 is 0 Å². The lowest BCUT2D eigenvalue weighted by Crippen LogP contribution is -2.42. The molecule has 1 aromatic heterocycles. The minimum absolute atomic E-state index is 0.0682. The first-order valence-corrected chi connectivity index (χ1v) is 6.25. The second-order valence-corrected chi connectivity index (χ2v) is 4.65. The molecule has 1 heterocycles. The maximum atomic E-state index is 11.4. The highest BCUT2D eigenvalue weighted by Crippen LogP contribution is 2.27. The van der Waals surface area contributed by atoms with Crippen molar-refractivity contribution in [2.75, 3.05) is 0 Å². The molecule has 1 amide bonds. The number of hydrogen-bond donors (Lipinski definition) is 1. The molecule has 0 radical (unpaired) electrons. The van der Waals surface area contributed by atoms with Crippen LogP contribution in [0.4, 0.5) is 0 Å². The summed E-state index contributed by atoms with van der Waals surface area (Å²) in [5.74, 6) is 1.43. The SMILES string of the molecule is C=CC(=O)NC1CCCCC1Cc1ccco1. The van der Waals surface area contributed by atoms with E-state index in [4.69, 9.17) is 4.42 Å². The Hall–Kier alpha value is -1.51. The maximum Gasteiger partial charge on any atom is 0.243 e. The molecule has 1 fully saturated rings. The number of furan rings is 1. The van der Waals surface area contributed by atoms with E-state index in [0.29, 0.717) is 5.92 Å². The van der Waals surface area contributed by atoms with Crippen molar-refractivity contribution < 1.29 is 9.21 Å². The van der Waals surface area contributed by atoms with Gasteiger partial charge in [-0.2, -0.15) is 0 Å². The van der Waals surface area contributed by atoms with E-state index < -0.39 is 0 Å². The summed E-state index contributed by atoms with van der Waals surface area (Å²) in [6, 6.07) is 4.18. The normalized spacial score (nSPS) is 24.2. The number of hydrogen-bond acceptors (Lipinski definition) is 2. The zero-order chi connectivity index (χ0) is 12.1. The molecule has 2 unspecified atom stereocenters. The van der Waals surface area contributed by atoms with Gasteiger partial charge in [-0.3, -0.25) is 4.79 Å². The van der Waals surface area contributed by atoms with Gasteiger partial charge < -0.3 is 9.73 Å². The molecule has 2 rings (SSSR count). The van der Waals surface area contributed by atoms with Gasteiger partial charge in [0.2, 0.25) is 5.91 Å². The third-order valence-corrected chi connectivity index (χ3v) is 3.47. The average molecular weight is 233 g/mol. The lowest BCUT2D eigenvalue weighted by molar-refractivity contribution is -0.117. The topological polar surface area (TPSA) is 42.2 Å². The van der Waals surface area contributed by atoms with Crippen LogP contribution in [0.3, 0.4) is 0 Å². The average Bonchev–Trinajstić information content (AvgIpc) is 2.84. The van der Waals surface area contributed by atoms with Crippen LogP contribution in [0.2, 0.25) is 0 Å². The lowest BCUT2D eigenvalue weighted by Gasteiger charge is -2.31. The van der Waals surface area contributed by atoms with Crippen molar-refractivity contribution in [3.63, 3.8) is 0 Å². The van der Waals surface area contributed by atoms with E-state index in [-0.39, 0.29) is 11.9 Å². The summed E-state index contributed by atoms with van der Waals surface area (Å²) in [5.41, 5.74) is 0. The van der Waals surface area contributed by atoms with Gasteiger partial charge in [-0.05, 0) is 37.0 Å². The van der Waals surface area contributed by atoms with Gasteiger partial charge in [0.25, 0.3) is 0 Å². The van der Waals surface area contributed by atoms with Crippen molar-refractivity contribution in [3.8, 4) is 0 Å². The smallest absolute Gasteiger partial charge is 0.243 e. The fraction of sp³-hybridized carbons (Fsp3) is 0.500. The highest BCUT2D eigenvalue weighted by atomic mass is 16.3. The van der Waals surface area contributed by atoms with Gasteiger partial charge in [-0.1, -0.05) is 19.4 Å². The van der Waals surface area contributed by atoms with E-state index in [1.807, 2.05) is 12.1 Å². The first kappa shape index (κ1) is 12.0. The Balaban J connectivity index is 1.96. The fourth-order valence-corrected chi connectivity index (χ4v) is 2.57. The van der Waals surface area contributed by atoms with Crippen LogP contribution in [0.15, 0.2) is 35.5 Å². The summed E-state index contributed by atoms with van der Waals surface area (Å²) in [4.78, 5) is 11.4. The molecule has 1 saturated carbocycles. The maximum absolute atomic E-state index is 11.4. The van der Waals surface area contributed by atoms with Crippen molar-refractivity contribution in [1.82, 2.24) is 5.32 Å². The van der Waals surface area contributed by atoms with Crippen LogP contribution < -0.4 is 5.32 Å². The Morgan fingerprint density at radius 3 is 3.06 bits per heavy atom. The summed E-state index contributed by atoms with van der Waals surface area (Å²) >= 11 is 0. The molecule has 0 aliphatic heterocycles. The standard InChI is InChI=1S/C14H19NO2/c1-2-14(16)15-13-8-4-3-6-11(13)10-12-7-5-9-17-12/h2,5,7,9,11,13H,1,3-4,6,8,10H2,(H,15,16). The molecule has 1 aromatic rings. The highest BCUT2D eigenvalue weighted by molar-refractivity contribution is 5.87. The molecule has 92 valence electrons. The van der Waals surface area contributed by atoms with Crippen LogP contribution in [0, 0.1) is 5.92 Å². The Morgan fingerprint density at radius 2 is 2.35 bits per heavy atom. The van der Waals surface area contributed by atoms with Gasteiger partial charge >= 0.3 is 0 Å². The predicted molar refractivity (Wildman–Crippen MR) is 66.5 cm³/mol. The van der Waals surface area contributed by atoms with Crippen molar-refractivity contribution >= 4 is 5.91 Å². The molecular formula is C14H19NO2. The number of rotatable bonds is 4. The molecule has 2 atom stereocenters. The third kappa shape index (κ3) is 3.22. The van der Waals surface area contributed by atoms with Crippen molar-refractivity contribution in [2.24, 2.45) is 5.92 Å². The minimum atomic E-state index is -0.0682. The predicted octanol–water partition coefficient (Wildman–Crippen LogP) is 2.68. The molecule has 1 aliphatic rings. The summed E-state index contributed by atoms with van der Waals surface area (Å²) in [6.45, 7) is 3.50. The highest BCUT2D eigenvalue weighted by Gasteiger charge is 2.26. The molecule has 3 nitrogen and oxygen atoms in total. The van der Waals surface area contributed by atoms with E-state index in [1.54, 1.807) is 6.26 Å². The molecule has 0 saturated heterocycles. The van der Waals surface area contributed by atoms with Crippen LogP contribution in [-0.2, 0) is 11.2 Å². The van der Waals surface area contributed by atoms with Crippen LogP contribution in [-0.4, -0.2) is 11.9 Å². The Morgan fingerprint density at radius 1 is 1.53 bits per heavy atom. The van der Waals surface area contributed by atoms with E-state index in [9.17, 15) is 4.79 Å². The van der Waals surface area contributed by atoms with Gasteiger partial charge in [-0.25, -0.2) is 0 Å². The van der Waals surface area contributed by atoms with E-state index in [0.717, 1.165) is 25.0 Å². The molecular weight excluding hydrogens is 214 g/mol. The van der Waals surface area contributed by atoms with Crippen molar-refractivity contribution in [3.05, 3.63) is 36.8 Å². The van der Waals surface area contributed by atoms with Crippen LogP contribution in [0.1, 0.15) is 31.4 Å². The monoisotopic (exact) mass is 233 g/mol. The molecule has 17 heavy (non-hydrogen) atoms.